The molecule has 0 saturated heterocycles. The molecule has 1 fully saturated rings. The van der Waals surface area contributed by atoms with Crippen LogP contribution in [0, 0.1) is 0 Å². The molecule has 1 saturated carbocycles. The first kappa shape index (κ1) is 59.6. The van der Waals surface area contributed by atoms with Crippen LogP contribution in [0.3, 0.4) is 0 Å². The standard InChI is InChI=1S/C50H93O12P/c1-3-5-7-9-11-13-15-17-19-20-21-22-23-24-25-26-28-30-32-34-36-38-40-59-41-43(42-60-63(57,58)62-50-48(55)46(53)45(52)47(54)49(50)56)61-44(51)39-37-35-33-31-29-27-18-16-14-12-10-8-6-4-2/h15-18,20-21,43,45-50,52-56H,3-14,19,22-42H2,1-2H3,(H,57,58)/b17-15-,18-16-,21-20-. The summed E-state index contributed by atoms with van der Waals surface area (Å²) < 4.78 is 34.2. The smallest absolute Gasteiger partial charge is 0.457 e. The fourth-order valence-corrected chi connectivity index (χ4v) is 8.65. The van der Waals surface area contributed by atoms with Crippen molar-refractivity contribution in [3.63, 3.8) is 0 Å². The van der Waals surface area contributed by atoms with E-state index in [2.05, 4.69) is 50.3 Å². The first-order chi connectivity index (χ1) is 30.5. The van der Waals surface area contributed by atoms with E-state index in [0.29, 0.717) is 13.0 Å². The third-order valence-corrected chi connectivity index (χ3v) is 12.7. The van der Waals surface area contributed by atoms with E-state index in [1.165, 1.54) is 116 Å². The molecule has 0 aromatic carbocycles. The van der Waals surface area contributed by atoms with Crippen LogP contribution in [0.25, 0.3) is 0 Å². The number of hydrogen-bond donors (Lipinski definition) is 6. The molecule has 6 atom stereocenters. The van der Waals surface area contributed by atoms with E-state index in [9.17, 15) is 39.8 Å². The predicted molar refractivity (Wildman–Crippen MR) is 253 cm³/mol. The molecule has 0 aliphatic heterocycles. The Morgan fingerprint density at radius 1 is 0.508 bits per heavy atom. The number of esters is 1. The van der Waals surface area contributed by atoms with Gasteiger partial charge >= 0.3 is 13.8 Å². The second kappa shape index (κ2) is 40.8. The molecule has 0 spiro atoms. The van der Waals surface area contributed by atoms with Gasteiger partial charge in [-0.25, -0.2) is 4.57 Å². The van der Waals surface area contributed by atoms with Gasteiger partial charge in [-0.3, -0.25) is 13.8 Å². The van der Waals surface area contributed by atoms with Gasteiger partial charge in [-0.2, -0.15) is 0 Å². The van der Waals surface area contributed by atoms with Crippen LogP contribution < -0.4 is 0 Å². The summed E-state index contributed by atoms with van der Waals surface area (Å²) in [6.07, 6.45) is 36.4. The Morgan fingerprint density at radius 3 is 1.35 bits per heavy atom. The van der Waals surface area contributed by atoms with Gasteiger partial charge in [0, 0.05) is 13.0 Å². The highest BCUT2D eigenvalue weighted by Crippen LogP contribution is 2.47. The number of phosphoric ester groups is 1. The SMILES string of the molecule is CCCCCCC/C=C\C/C=C\CCCCCCCCCCCCOCC(COP(=O)(O)OC1C(O)C(O)C(O)C(O)C1O)OC(=O)CCCCCCC/C=C\CCCCCCC. The molecule has 0 amide bonds. The van der Waals surface area contributed by atoms with E-state index in [1.54, 1.807) is 0 Å². The number of allylic oxidation sites excluding steroid dienone is 6. The summed E-state index contributed by atoms with van der Waals surface area (Å²) in [5.41, 5.74) is 0. The number of hydrogen-bond acceptors (Lipinski definition) is 11. The Balaban J connectivity index is 2.33. The van der Waals surface area contributed by atoms with Crippen LogP contribution in [0.15, 0.2) is 36.5 Å². The first-order valence-electron chi connectivity index (χ1n) is 25.3. The molecular weight excluding hydrogens is 824 g/mol. The predicted octanol–water partition coefficient (Wildman–Crippen LogP) is 11.0. The van der Waals surface area contributed by atoms with Gasteiger partial charge in [-0.1, -0.05) is 172 Å². The lowest BCUT2D eigenvalue weighted by atomic mass is 9.85. The quantitative estimate of drug-likeness (QED) is 0.0147. The number of rotatable bonds is 43. The molecule has 370 valence electrons. The number of aliphatic hydroxyl groups is 5. The summed E-state index contributed by atoms with van der Waals surface area (Å²) in [5.74, 6) is -0.486. The maximum Gasteiger partial charge on any atom is 0.472 e. The van der Waals surface area contributed by atoms with Crippen molar-refractivity contribution >= 4 is 13.8 Å². The van der Waals surface area contributed by atoms with E-state index >= 15 is 0 Å². The third-order valence-electron chi connectivity index (χ3n) is 11.7. The van der Waals surface area contributed by atoms with Crippen molar-refractivity contribution in [3.05, 3.63) is 36.5 Å². The van der Waals surface area contributed by atoms with Crippen molar-refractivity contribution in [2.45, 2.75) is 256 Å². The Morgan fingerprint density at radius 2 is 0.889 bits per heavy atom. The summed E-state index contributed by atoms with van der Waals surface area (Å²) >= 11 is 0. The average molecular weight is 917 g/mol. The first-order valence-corrected chi connectivity index (χ1v) is 26.8. The summed E-state index contributed by atoms with van der Waals surface area (Å²) in [6, 6.07) is 0. The molecule has 6 N–H and O–H groups in total. The molecule has 0 aromatic heterocycles. The van der Waals surface area contributed by atoms with Crippen molar-refractivity contribution in [2.24, 2.45) is 0 Å². The maximum absolute atomic E-state index is 12.8. The molecule has 1 rings (SSSR count). The van der Waals surface area contributed by atoms with E-state index in [-0.39, 0.29) is 13.0 Å². The lowest BCUT2D eigenvalue weighted by molar-refractivity contribution is -0.220. The molecule has 1 aliphatic rings. The average Bonchev–Trinajstić information content (AvgIpc) is 3.27. The minimum Gasteiger partial charge on any atom is -0.457 e. The molecule has 63 heavy (non-hydrogen) atoms. The topological polar surface area (TPSA) is 192 Å². The fraction of sp³-hybridized carbons (Fsp3) is 0.860. The molecule has 13 heteroatoms. The Labute approximate surface area is 382 Å². The van der Waals surface area contributed by atoms with Crippen molar-refractivity contribution in [2.75, 3.05) is 19.8 Å². The van der Waals surface area contributed by atoms with Crippen molar-refractivity contribution in [1.82, 2.24) is 0 Å². The number of carbonyl (C=O) groups excluding carboxylic acids is 1. The zero-order valence-corrected chi connectivity index (χ0v) is 40.5. The highest BCUT2D eigenvalue weighted by atomic mass is 31.2. The molecular formula is C50H93O12P. The summed E-state index contributed by atoms with van der Waals surface area (Å²) in [5, 5.41) is 50.2. The monoisotopic (exact) mass is 917 g/mol. The molecule has 0 bridgehead atoms. The van der Waals surface area contributed by atoms with Gasteiger partial charge in [0.2, 0.25) is 0 Å². The molecule has 0 radical (unpaired) electrons. The van der Waals surface area contributed by atoms with Gasteiger partial charge in [0.05, 0.1) is 13.2 Å². The third kappa shape index (κ3) is 32.8. The highest BCUT2D eigenvalue weighted by molar-refractivity contribution is 7.47. The highest BCUT2D eigenvalue weighted by Gasteiger charge is 2.51. The molecule has 0 aromatic rings. The summed E-state index contributed by atoms with van der Waals surface area (Å²) in [6.45, 7) is 4.24. The fourth-order valence-electron chi connectivity index (χ4n) is 7.68. The van der Waals surface area contributed by atoms with Gasteiger partial charge in [-0.05, 0) is 70.6 Å². The van der Waals surface area contributed by atoms with Gasteiger partial charge < -0.3 is 39.9 Å². The van der Waals surface area contributed by atoms with Crippen LogP contribution in [0.4, 0.5) is 0 Å². The van der Waals surface area contributed by atoms with Crippen molar-refractivity contribution in [1.29, 1.82) is 0 Å². The second-order valence-electron chi connectivity index (χ2n) is 17.7. The van der Waals surface area contributed by atoms with Crippen molar-refractivity contribution in [3.8, 4) is 0 Å². The van der Waals surface area contributed by atoms with Crippen LogP contribution in [0.5, 0.6) is 0 Å². The summed E-state index contributed by atoms with van der Waals surface area (Å²) in [4.78, 5) is 23.2. The minimum absolute atomic E-state index is 0.0810. The number of aliphatic hydroxyl groups excluding tert-OH is 5. The van der Waals surface area contributed by atoms with E-state index in [0.717, 1.165) is 70.6 Å². The molecule has 1 aliphatic carbocycles. The van der Waals surface area contributed by atoms with E-state index in [4.69, 9.17) is 18.5 Å². The Hall–Kier alpha value is -1.44. The number of carbonyl (C=O) groups is 1. The lowest BCUT2D eigenvalue weighted by Crippen LogP contribution is -2.64. The van der Waals surface area contributed by atoms with Crippen LogP contribution >= 0.6 is 7.82 Å². The molecule has 6 unspecified atom stereocenters. The number of unbranched alkanes of at least 4 members (excludes halogenated alkanes) is 25. The van der Waals surface area contributed by atoms with Gasteiger partial charge in [0.1, 0.15) is 42.7 Å². The van der Waals surface area contributed by atoms with Gasteiger partial charge in [-0.15, -0.1) is 0 Å². The summed E-state index contributed by atoms with van der Waals surface area (Å²) in [7, 11) is -5.02. The van der Waals surface area contributed by atoms with Gasteiger partial charge in [0.15, 0.2) is 0 Å². The minimum atomic E-state index is -5.02. The number of ether oxygens (including phenoxy) is 2. The molecule has 0 heterocycles. The Bertz CT molecular complexity index is 1180. The van der Waals surface area contributed by atoms with Crippen LogP contribution in [0.2, 0.25) is 0 Å². The van der Waals surface area contributed by atoms with E-state index < -0.39 is 63.1 Å². The van der Waals surface area contributed by atoms with Crippen LogP contribution in [0.1, 0.15) is 213 Å². The molecule has 12 nitrogen and oxygen atoms in total. The van der Waals surface area contributed by atoms with E-state index in [1.807, 2.05) is 0 Å². The van der Waals surface area contributed by atoms with Crippen molar-refractivity contribution < 1.29 is 58.3 Å². The Kier molecular flexibility index (Phi) is 38.6. The van der Waals surface area contributed by atoms with Crippen LogP contribution in [-0.4, -0.2) is 98.9 Å². The second-order valence-corrected chi connectivity index (χ2v) is 19.1. The zero-order chi connectivity index (χ0) is 46.2. The lowest BCUT2D eigenvalue weighted by Gasteiger charge is -2.41. The maximum atomic E-state index is 12.8. The van der Waals surface area contributed by atoms with Gasteiger partial charge in [0.25, 0.3) is 0 Å². The largest absolute Gasteiger partial charge is 0.472 e. The number of phosphoric acid groups is 1. The normalized spacial score (nSPS) is 22.1. The van der Waals surface area contributed by atoms with Crippen LogP contribution in [-0.2, 0) is 27.9 Å². The zero-order valence-electron chi connectivity index (χ0n) is 39.6.